The van der Waals surface area contributed by atoms with E-state index in [9.17, 15) is 13.2 Å². The van der Waals surface area contributed by atoms with Crippen LogP contribution in [-0.4, -0.2) is 31.7 Å². The van der Waals surface area contributed by atoms with Gasteiger partial charge in [0, 0.05) is 24.0 Å². The number of aryl methyl sites for hydroxylation is 1. The summed E-state index contributed by atoms with van der Waals surface area (Å²) in [5.74, 6) is -0.0864. The number of sulfonamides is 1. The van der Waals surface area contributed by atoms with Crippen LogP contribution in [0.3, 0.4) is 0 Å². The van der Waals surface area contributed by atoms with Gasteiger partial charge in [-0.15, -0.1) is 0 Å². The normalized spacial score (nSPS) is 11.5. The van der Waals surface area contributed by atoms with Crippen molar-refractivity contribution >= 4 is 37.5 Å². The molecule has 5 nitrogen and oxygen atoms in total. The summed E-state index contributed by atoms with van der Waals surface area (Å²) in [6.07, 6.45) is 0.866. The molecule has 7 heteroatoms. The van der Waals surface area contributed by atoms with Crippen molar-refractivity contribution in [2.45, 2.75) is 31.6 Å². The topological polar surface area (TPSA) is 66.5 Å². The lowest BCUT2D eigenvalue weighted by atomic mass is 10.1. The number of para-hydroxylation sites is 1. The zero-order valence-corrected chi connectivity index (χ0v) is 17.3. The Morgan fingerprint density at radius 2 is 1.65 bits per heavy atom. The molecule has 2 aromatic carbocycles. The van der Waals surface area contributed by atoms with E-state index in [4.69, 9.17) is 0 Å². The van der Waals surface area contributed by atoms with Crippen LogP contribution < -0.4 is 5.32 Å². The number of amides is 1. The number of anilines is 1. The highest BCUT2D eigenvalue weighted by Crippen LogP contribution is 2.21. The van der Waals surface area contributed by atoms with E-state index in [1.807, 2.05) is 38.1 Å². The molecule has 0 unspecified atom stereocenters. The lowest BCUT2D eigenvalue weighted by molar-refractivity contribution is -0.116. The van der Waals surface area contributed by atoms with E-state index in [2.05, 4.69) is 21.2 Å². The maximum absolute atomic E-state index is 12.5. The van der Waals surface area contributed by atoms with Gasteiger partial charge in [-0.1, -0.05) is 38.1 Å². The lowest BCUT2D eigenvalue weighted by Gasteiger charge is -2.18. The molecule has 0 saturated carbocycles. The van der Waals surface area contributed by atoms with Crippen molar-refractivity contribution in [3.05, 3.63) is 58.6 Å². The second-order valence-electron chi connectivity index (χ2n) is 5.76. The highest BCUT2D eigenvalue weighted by molar-refractivity contribution is 9.10. The number of hydrogen-bond acceptors (Lipinski definition) is 3. The zero-order valence-electron chi connectivity index (χ0n) is 14.9. The second-order valence-corrected chi connectivity index (χ2v) is 8.55. The third kappa shape index (κ3) is 5.16. The Bertz CT molecular complexity index is 847. The summed E-state index contributed by atoms with van der Waals surface area (Å²) in [6.45, 7) is 4.52. The molecule has 0 radical (unpaired) electrons. The Morgan fingerprint density at radius 3 is 2.23 bits per heavy atom. The fourth-order valence-electron chi connectivity index (χ4n) is 2.57. The first kappa shape index (κ1) is 20.6. The van der Waals surface area contributed by atoms with Crippen LogP contribution in [0.15, 0.2) is 57.9 Å². The molecule has 0 atom stereocenters. The van der Waals surface area contributed by atoms with Gasteiger partial charge in [0.1, 0.15) is 0 Å². The summed E-state index contributed by atoms with van der Waals surface area (Å²) in [7, 11) is -3.45. The molecule has 0 heterocycles. The van der Waals surface area contributed by atoms with Crippen LogP contribution in [0.5, 0.6) is 0 Å². The zero-order chi connectivity index (χ0) is 19.2. The molecule has 0 fully saturated rings. The van der Waals surface area contributed by atoms with Crippen LogP contribution in [0, 0.1) is 0 Å². The predicted octanol–water partition coefficient (Wildman–Crippen LogP) is 4.05. The van der Waals surface area contributed by atoms with Crippen LogP contribution in [0.1, 0.15) is 25.8 Å². The van der Waals surface area contributed by atoms with Gasteiger partial charge in [0.25, 0.3) is 0 Å². The summed E-state index contributed by atoms with van der Waals surface area (Å²) in [4.78, 5) is 12.4. The number of nitrogens with zero attached hydrogens (tertiary/aromatic N) is 1. The lowest BCUT2D eigenvalue weighted by Crippen LogP contribution is -2.30. The Hall–Kier alpha value is -1.70. The molecule has 0 aliphatic carbocycles. The van der Waals surface area contributed by atoms with Crippen molar-refractivity contribution in [3.8, 4) is 0 Å². The van der Waals surface area contributed by atoms with Crippen LogP contribution in [-0.2, 0) is 21.2 Å². The average molecular weight is 439 g/mol. The molecule has 140 valence electrons. The van der Waals surface area contributed by atoms with Crippen molar-refractivity contribution in [1.82, 2.24) is 4.31 Å². The third-order valence-corrected chi connectivity index (χ3v) is 6.81. The van der Waals surface area contributed by atoms with Crippen LogP contribution in [0.4, 0.5) is 5.69 Å². The van der Waals surface area contributed by atoms with Crippen molar-refractivity contribution in [1.29, 1.82) is 0 Å². The number of nitrogens with one attached hydrogen (secondary N) is 1. The van der Waals surface area contributed by atoms with Crippen molar-refractivity contribution in [3.63, 3.8) is 0 Å². The summed E-state index contributed by atoms with van der Waals surface area (Å²) in [5.41, 5.74) is 1.66. The molecule has 0 aliphatic heterocycles. The van der Waals surface area contributed by atoms with E-state index < -0.39 is 10.0 Å². The molecule has 1 amide bonds. The van der Waals surface area contributed by atoms with Gasteiger partial charge in [-0.2, -0.15) is 4.31 Å². The van der Waals surface area contributed by atoms with Gasteiger partial charge in [-0.05, 0) is 52.2 Å². The first-order chi connectivity index (χ1) is 12.4. The number of benzene rings is 2. The Morgan fingerprint density at radius 1 is 1.04 bits per heavy atom. The highest BCUT2D eigenvalue weighted by atomic mass is 79.9. The monoisotopic (exact) mass is 438 g/mol. The van der Waals surface area contributed by atoms with Gasteiger partial charge >= 0.3 is 0 Å². The molecule has 0 bridgehead atoms. The summed E-state index contributed by atoms with van der Waals surface area (Å²) in [5, 5.41) is 2.86. The largest absolute Gasteiger partial charge is 0.325 e. The van der Waals surface area contributed by atoms with Crippen LogP contribution in [0.25, 0.3) is 0 Å². The van der Waals surface area contributed by atoms with Gasteiger partial charge in [0.2, 0.25) is 15.9 Å². The highest BCUT2D eigenvalue weighted by Gasteiger charge is 2.21. The molecular formula is C19H23BrN2O3S. The molecule has 0 spiro atoms. The smallest absolute Gasteiger partial charge is 0.243 e. The van der Waals surface area contributed by atoms with Gasteiger partial charge in [0.05, 0.1) is 10.6 Å². The fourth-order valence-corrected chi connectivity index (χ4v) is 4.42. The third-order valence-electron chi connectivity index (χ3n) is 4.06. The van der Waals surface area contributed by atoms with E-state index >= 15 is 0 Å². The Kier molecular flexibility index (Phi) is 7.37. The van der Waals surface area contributed by atoms with Gasteiger partial charge < -0.3 is 5.32 Å². The molecule has 0 saturated heterocycles. The van der Waals surface area contributed by atoms with Gasteiger partial charge in [-0.25, -0.2) is 8.42 Å². The van der Waals surface area contributed by atoms with Crippen LogP contribution in [0.2, 0.25) is 0 Å². The first-order valence-electron chi connectivity index (χ1n) is 8.52. The summed E-state index contributed by atoms with van der Waals surface area (Å²) >= 11 is 3.40. The molecule has 2 aromatic rings. The minimum Gasteiger partial charge on any atom is -0.325 e. The minimum atomic E-state index is -3.45. The van der Waals surface area contributed by atoms with E-state index in [-0.39, 0.29) is 10.8 Å². The van der Waals surface area contributed by atoms with Gasteiger partial charge in [-0.3, -0.25) is 4.79 Å². The summed E-state index contributed by atoms with van der Waals surface area (Å²) in [6, 6.07) is 14.2. The number of rotatable bonds is 8. The van der Waals surface area contributed by atoms with E-state index in [0.29, 0.717) is 25.9 Å². The molecule has 0 aromatic heterocycles. The standard InChI is InChI=1S/C19H23BrN2O3S/c1-3-22(4-2)26(24,25)16-12-9-15(10-13-16)11-14-19(23)21-18-8-6-5-7-17(18)20/h5-10,12-13H,3-4,11,14H2,1-2H3,(H,21,23). The quantitative estimate of drug-likeness (QED) is 0.675. The van der Waals surface area contributed by atoms with Crippen molar-refractivity contribution in [2.75, 3.05) is 18.4 Å². The molecule has 2 rings (SSSR count). The Labute approximate surface area is 163 Å². The van der Waals surface area contributed by atoms with Gasteiger partial charge in [0.15, 0.2) is 0 Å². The van der Waals surface area contributed by atoms with E-state index in [1.165, 1.54) is 4.31 Å². The number of halogens is 1. The molecular weight excluding hydrogens is 416 g/mol. The maximum Gasteiger partial charge on any atom is 0.243 e. The SMILES string of the molecule is CCN(CC)S(=O)(=O)c1ccc(CCC(=O)Nc2ccccc2Br)cc1. The minimum absolute atomic E-state index is 0.0864. The molecule has 26 heavy (non-hydrogen) atoms. The van der Waals surface area contributed by atoms with E-state index in [1.54, 1.807) is 24.3 Å². The van der Waals surface area contributed by atoms with Crippen LogP contribution >= 0.6 is 15.9 Å². The predicted molar refractivity (Wildman–Crippen MR) is 108 cm³/mol. The summed E-state index contributed by atoms with van der Waals surface area (Å²) < 4.78 is 27.2. The number of hydrogen-bond donors (Lipinski definition) is 1. The van der Waals surface area contributed by atoms with Crippen molar-refractivity contribution < 1.29 is 13.2 Å². The maximum atomic E-state index is 12.5. The molecule has 1 N–H and O–H groups in total. The Balaban J connectivity index is 1.97. The average Bonchev–Trinajstić information content (AvgIpc) is 2.63. The molecule has 0 aliphatic rings. The van der Waals surface area contributed by atoms with E-state index in [0.717, 1.165) is 15.7 Å². The van der Waals surface area contributed by atoms with Crippen molar-refractivity contribution in [2.24, 2.45) is 0 Å². The fraction of sp³-hybridized carbons (Fsp3) is 0.316. The number of carbonyl (C=O) groups is 1. The number of carbonyl (C=O) groups excluding carboxylic acids is 1. The first-order valence-corrected chi connectivity index (χ1v) is 10.7. The second kappa shape index (κ2) is 9.30.